The van der Waals surface area contributed by atoms with E-state index in [2.05, 4.69) is 4.98 Å². The summed E-state index contributed by atoms with van der Waals surface area (Å²) >= 11 is 0. The summed E-state index contributed by atoms with van der Waals surface area (Å²) in [4.78, 5) is 16.0. The molecule has 1 aromatic rings. The Morgan fingerprint density at radius 3 is 2.44 bits per heavy atom. The Labute approximate surface area is 95.3 Å². The SMILES string of the molecule is CCOC(=O)c1c(C)nc(C)c(CO)c1C. The van der Waals surface area contributed by atoms with Crippen molar-refractivity contribution in [3.63, 3.8) is 0 Å². The zero-order valence-corrected chi connectivity index (χ0v) is 10.1. The fraction of sp³-hybridized carbons (Fsp3) is 0.500. The Kier molecular flexibility index (Phi) is 4.01. The quantitative estimate of drug-likeness (QED) is 0.792. The van der Waals surface area contributed by atoms with Crippen molar-refractivity contribution in [2.45, 2.75) is 34.3 Å². The molecule has 4 nitrogen and oxygen atoms in total. The Balaban J connectivity index is 3.33. The van der Waals surface area contributed by atoms with Crippen LogP contribution in [0.4, 0.5) is 0 Å². The molecule has 0 unspecified atom stereocenters. The predicted molar refractivity (Wildman–Crippen MR) is 60.3 cm³/mol. The van der Waals surface area contributed by atoms with Gasteiger partial charge in [0.2, 0.25) is 0 Å². The Morgan fingerprint density at radius 1 is 1.31 bits per heavy atom. The average Bonchev–Trinajstić information content (AvgIpc) is 2.17. The van der Waals surface area contributed by atoms with Gasteiger partial charge >= 0.3 is 5.97 Å². The molecule has 1 rings (SSSR count). The first-order chi connectivity index (χ1) is 7.52. The number of pyridine rings is 1. The lowest BCUT2D eigenvalue weighted by atomic mass is 10.0. The van der Waals surface area contributed by atoms with Crippen molar-refractivity contribution in [1.82, 2.24) is 4.98 Å². The predicted octanol–water partition coefficient (Wildman–Crippen LogP) is 1.68. The van der Waals surface area contributed by atoms with E-state index in [1.807, 2.05) is 6.92 Å². The van der Waals surface area contributed by atoms with E-state index in [0.29, 0.717) is 23.4 Å². The highest BCUT2D eigenvalue weighted by atomic mass is 16.5. The maximum atomic E-state index is 11.7. The molecule has 0 spiro atoms. The van der Waals surface area contributed by atoms with E-state index in [-0.39, 0.29) is 12.6 Å². The standard InChI is InChI=1S/C12H17NO3/c1-5-16-12(15)11-7(2)10(6-14)8(3)13-9(11)4/h14H,5-6H2,1-4H3. The third kappa shape index (κ3) is 2.22. The van der Waals surface area contributed by atoms with E-state index in [1.165, 1.54) is 0 Å². The van der Waals surface area contributed by atoms with Crippen molar-refractivity contribution >= 4 is 5.97 Å². The minimum atomic E-state index is -0.375. The fourth-order valence-electron chi connectivity index (χ4n) is 1.81. The molecule has 4 heteroatoms. The molecule has 1 heterocycles. The number of rotatable bonds is 3. The minimum Gasteiger partial charge on any atom is -0.462 e. The van der Waals surface area contributed by atoms with Crippen LogP contribution in [0, 0.1) is 20.8 Å². The molecule has 0 aliphatic carbocycles. The molecule has 0 atom stereocenters. The van der Waals surface area contributed by atoms with Crippen molar-refractivity contribution in [2.75, 3.05) is 6.61 Å². The number of hydrogen-bond donors (Lipinski definition) is 1. The number of ether oxygens (including phenoxy) is 1. The van der Waals surface area contributed by atoms with Gasteiger partial charge in [0.1, 0.15) is 0 Å². The highest BCUT2D eigenvalue weighted by molar-refractivity contribution is 5.92. The van der Waals surface area contributed by atoms with Crippen LogP contribution >= 0.6 is 0 Å². The summed E-state index contributed by atoms with van der Waals surface area (Å²) in [5, 5.41) is 9.23. The third-order valence-corrected chi connectivity index (χ3v) is 2.60. The summed E-state index contributed by atoms with van der Waals surface area (Å²) in [5.74, 6) is -0.375. The second-order valence-electron chi connectivity index (χ2n) is 3.64. The summed E-state index contributed by atoms with van der Waals surface area (Å²) in [5.41, 5.74) is 3.33. The van der Waals surface area contributed by atoms with Crippen molar-refractivity contribution in [3.05, 3.63) is 28.1 Å². The molecular formula is C12H17NO3. The summed E-state index contributed by atoms with van der Waals surface area (Å²) < 4.78 is 4.97. The minimum absolute atomic E-state index is 0.114. The van der Waals surface area contributed by atoms with E-state index in [0.717, 1.165) is 11.3 Å². The second-order valence-corrected chi connectivity index (χ2v) is 3.64. The zero-order chi connectivity index (χ0) is 12.3. The van der Waals surface area contributed by atoms with Crippen LogP contribution in [0.15, 0.2) is 0 Å². The third-order valence-electron chi connectivity index (χ3n) is 2.60. The molecule has 1 N–H and O–H groups in total. The van der Waals surface area contributed by atoms with Crippen LogP contribution in [0.25, 0.3) is 0 Å². The summed E-state index contributed by atoms with van der Waals surface area (Å²) in [6.45, 7) is 7.38. The average molecular weight is 223 g/mol. The van der Waals surface area contributed by atoms with E-state index >= 15 is 0 Å². The van der Waals surface area contributed by atoms with Gasteiger partial charge in [-0.3, -0.25) is 4.98 Å². The number of nitrogens with zero attached hydrogens (tertiary/aromatic N) is 1. The van der Waals surface area contributed by atoms with Gasteiger partial charge in [0.15, 0.2) is 0 Å². The largest absolute Gasteiger partial charge is 0.462 e. The van der Waals surface area contributed by atoms with Gasteiger partial charge in [-0.1, -0.05) is 0 Å². The fourth-order valence-corrected chi connectivity index (χ4v) is 1.81. The van der Waals surface area contributed by atoms with Gasteiger partial charge in [0.05, 0.1) is 24.5 Å². The molecule has 0 radical (unpaired) electrons. The Hall–Kier alpha value is -1.42. The van der Waals surface area contributed by atoms with Gasteiger partial charge in [-0.25, -0.2) is 4.79 Å². The molecule has 0 amide bonds. The van der Waals surface area contributed by atoms with Gasteiger partial charge in [0.25, 0.3) is 0 Å². The van der Waals surface area contributed by atoms with Crippen LogP contribution in [0.3, 0.4) is 0 Å². The lowest BCUT2D eigenvalue weighted by Crippen LogP contribution is -2.13. The number of carbonyl (C=O) groups is 1. The molecule has 0 saturated carbocycles. The summed E-state index contributed by atoms with van der Waals surface area (Å²) in [7, 11) is 0. The first kappa shape index (κ1) is 12.6. The lowest BCUT2D eigenvalue weighted by Gasteiger charge is -2.13. The summed E-state index contributed by atoms with van der Waals surface area (Å²) in [6.07, 6.45) is 0. The van der Waals surface area contributed by atoms with Crippen LogP contribution < -0.4 is 0 Å². The number of carbonyl (C=O) groups excluding carboxylic acids is 1. The molecule has 16 heavy (non-hydrogen) atoms. The molecule has 0 aliphatic heterocycles. The number of hydrogen-bond acceptors (Lipinski definition) is 4. The van der Waals surface area contributed by atoms with Gasteiger partial charge in [-0.15, -0.1) is 0 Å². The number of aliphatic hydroxyl groups excluding tert-OH is 1. The number of aliphatic hydroxyl groups is 1. The van der Waals surface area contributed by atoms with Gasteiger partial charge in [-0.05, 0) is 33.3 Å². The Bertz CT molecular complexity index is 413. The van der Waals surface area contributed by atoms with E-state index in [9.17, 15) is 9.90 Å². The maximum absolute atomic E-state index is 11.7. The van der Waals surface area contributed by atoms with Crippen molar-refractivity contribution in [2.24, 2.45) is 0 Å². The van der Waals surface area contributed by atoms with Gasteiger partial charge in [-0.2, -0.15) is 0 Å². The first-order valence-electron chi connectivity index (χ1n) is 5.27. The number of aryl methyl sites for hydroxylation is 2. The molecular weight excluding hydrogens is 206 g/mol. The summed E-state index contributed by atoms with van der Waals surface area (Å²) in [6, 6.07) is 0. The molecule has 1 aromatic heterocycles. The topological polar surface area (TPSA) is 59.4 Å². The Morgan fingerprint density at radius 2 is 1.94 bits per heavy atom. The molecule has 0 fully saturated rings. The maximum Gasteiger partial charge on any atom is 0.340 e. The van der Waals surface area contributed by atoms with Crippen LogP contribution in [0.1, 0.15) is 39.8 Å². The zero-order valence-electron chi connectivity index (χ0n) is 10.1. The van der Waals surface area contributed by atoms with E-state index in [4.69, 9.17) is 4.74 Å². The molecule has 0 aliphatic rings. The van der Waals surface area contributed by atoms with E-state index in [1.54, 1.807) is 20.8 Å². The van der Waals surface area contributed by atoms with E-state index < -0.39 is 0 Å². The van der Waals surface area contributed by atoms with Crippen molar-refractivity contribution < 1.29 is 14.6 Å². The smallest absolute Gasteiger partial charge is 0.340 e. The van der Waals surface area contributed by atoms with Gasteiger partial charge < -0.3 is 9.84 Å². The van der Waals surface area contributed by atoms with Gasteiger partial charge in [0, 0.05) is 11.3 Å². The van der Waals surface area contributed by atoms with Crippen molar-refractivity contribution in [3.8, 4) is 0 Å². The highest BCUT2D eigenvalue weighted by Gasteiger charge is 2.18. The second kappa shape index (κ2) is 5.07. The first-order valence-corrected chi connectivity index (χ1v) is 5.27. The monoisotopic (exact) mass is 223 g/mol. The van der Waals surface area contributed by atoms with Crippen molar-refractivity contribution in [1.29, 1.82) is 0 Å². The number of esters is 1. The van der Waals surface area contributed by atoms with Crippen LogP contribution in [0.2, 0.25) is 0 Å². The normalized spacial score (nSPS) is 10.3. The van der Waals surface area contributed by atoms with Crippen LogP contribution in [0.5, 0.6) is 0 Å². The highest BCUT2D eigenvalue weighted by Crippen LogP contribution is 2.20. The molecule has 88 valence electrons. The van der Waals surface area contributed by atoms with Crippen LogP contribution in [-0.4, -0.2) is 22.7 Å². The lowest BCUT2D eigenvalue weighted by molar-refractivity contribution is 0.0524. The van der Waals surface area contributed by atoms with Crippen LogP contribution in [-0.2, 0) is 11.3 Å². The molecule has 0 aromatic carbocycles. The number of aromatic nitrogens is 1. The molecule has 0 saturated heterocycles. The molecule has 0 bridgehead atoms.